The van der Waals surface area contributed by atoms with Crippen LogP contribution in [0.4, 0.5) is 5.69 Å². The number of benzene rings is 3. The van der Waals surface area contributed by atoms with E-state index in [1.807, 2.05) is 78.9 Å². The van der Waals surface area contributed by atoms with E-state index in [1.54, 1.807) is 0 Å². The Labute approximate surface area is 175 Å². The average molecular weight is 408 g/mol. The molecule has 4 rings (SSSR count). The van der Waals surface area contributed by atoms with Crippen LogP contribution in [-0.2, 0) is 11.4 Å². The average Bonchev–Trinajstić information content (AvgIpc) is 3.25. The van der Waals surface area contributed by atoms with Gasteiger partial charge in [-0.3, -0.25) is 4.79 Å². The van der Waals surface area contributed by atoms with Crippen LogP contribution in [0.25, 0.3) is 0 Å². The third-order valence-corrected chi connectivity index (χ3v) is 5.08. The summed E-state index contributed by atoms with van der Waals surface area (Å²) in [4.78, 5) is 12.6. The van der Waals surface area contributed by atoms with Gasteiger partial charge in [0.05, 0.1) is 0 Å². The maximum absolute atomic E-state index is 12.6. The van der Waals surface area contributed by atoms with Crippen molar-refractivity contribution in [2.75, 3.05) is 5.32 Å². The SMILES string of the molecule is O=C(Nc1ccc(OCc2ccccc2)cc1)C1CC(c2cccc(Cl)c2)NN1. The summed E-state index contributed by atoms with van der Waals surface area (Å²) < 4.78 is 5.78. The Hall–Kier alpha value is -2.86. The molecule has 1 amide bonds. The second-order valence-electron chi connectivity index (χ2n) is 6.97. The molecule has 1 aliphatic heterocycles. The van der Waals surface area contributed by atoms with Gasteiger partial charge in [0.15, 0.2) is 0 Å². The molecule has 29 heavy (non-hydrogen) atoms. The molecule has 1 saturated heterocycles. The fraction of sp³-hybridized carbons (Fsp3) is 0.174. The van der Waals surface area contributed by atoms with Crippen molar-refractivity contribution in [3.05, 3.63) is 95.0 Å². The van der Waals surface area contributed by atoms with Gasteiger partial charge in [-0.05, 0) is 53.9 Å². The molecule has 2 atom stereocenters. The van der Waals surface area contributed by atoms with Gasteiger partial charge in [0.1, 0.15) is 18.4 Å². The van der Waals surface area contributed by atoms with E-state index in [-0.39, 0.29) is 18.0 Å². The molecule has 1 aliphatic rings. The number of ether oxygens (including phenoxy) is 1. The number of halogens is 1. The summed E-state index contributed by atoms with van der Waals surface area (Å²) in [5, 5.41) is 3.63. The van der Waals surface area contributed by atoms with Gasteiger partial charge >= 0.3 is 0 Å². The van der Waals surface area contributed by atoms with E-state index in [4.69, 9.17) is 16.3 Å². The van der Waals surface area contributed by atoms with Crippen LogP contribution in [0.15, 0.2) is 78.9 Å². The van der Waals surface area contributed by atoms with Crippen LogP contribution < -0.4 is 20.9 Å². The molecule has 6 heteroatoms. The Morgan fingerprint density at radius 1 is 1.00 bits per heavy atom. The van der Waals surface area contributed by atoms with Crippen molar-refractivity contribution >= 4 is 23.2 Å². The van der Waals surface area contributed by atoms with E-state index in [1.165, 1.54) is 0 Å². The molecule has 3 N–H and O–H groups in total. The van der Waals surface area contributed by atoms with Crippen molar-refractivity contribution < 1.29 is 9.53 Å². The molecule has 1 heterocycles. The summed E-state index contributed by atoms with van der Waals surface area (Å²) in [5.41, 5.74) is 9.13. The molecule has 2 unspecified atom stereocenters. The Balaban J connectivity index is 1.29. The molecule has 1 fully saturated rings. The van der Waals surface area contributed by atoms with Gasteiger partial charge < -0.3 is 10.1 Å². The highest BCUT2D eigenvalue weighted by molar-refractivity contribution is 6.30. The predicted octanol–water partition coefficient (Wildman–Crippen LogP) is 4.47. The van der Waals surface area contributed by atoms with Crippen LogP contribution in [0.5, 0.6) is 5.75 Å². The Bertz CT molecular complexity index is 963. The zero-order valence-electron chi connectivity index (χ0n) is 15.8. The number of rotatable bonds is 6. The van der Waals surface area contributed by atoms with Gasteiger partial charge in [-0.15, -0.1) is 0 Å². The zero-order chi connectivity index (χ0) is 20.1. The Morgan fingerprint density at radius 3 is 2.55 bits per heavy atom. The monoisotopic (exact) mass is 407 g/mol. The first-order valence-electron chi connectivity index (χ1n) is 9.51. The van der Waals surface area contributed by atoms with E-state index >= 15 is 0 Å². The lowest BCUT2D eigenvalue weighted by atomic mass is 10.0. The standard InChI is InChI=1S/C23H22ClN3O2/c24-18-8-4-7-17(13-18)21-14-22(27-26-21)23(28)25-19-9-11-20(12-10-19)29-15-16-5-2-1-3-6-16/h1-13,21-22,26-27H,14-15H2,(H,25,28). The normalized spacial score (nSPS) is 18.4. The van der Waals surface area contributed by atoms with E-state index in [9.17, 15) is 4.79 Å². The number of hydrogen-bond donors (Lipinski definition) is 3. The second-order valence-corrected chi connectivity index (χ2v) is 7.41. The summed E-state index contributed by atoms with van der Waals surface area (Å²) in [6, 6.07) is 24.8. The van der Waals surface area contributed by atoms with Gasteiger partial charge in [-0.1, -0.05) is 54.1 Å². The summed E-state index contributed by atoms with van der Waals surface area (Å²) in [6.07, 6.45) is 0.643. The van der Waals surface area contributed by atoms with Crippen molar-refractivity contribution in [3.63, 3.8) is 0 Å². The zero-order valence-corrected chi connectivity index (χ0v) is 16.5. The third kappa shape index (κ3) is 5.15. The molecule has 3 aromatic carbocycles. The fourth-order valence-electron chi connectivity index (χ4n) is 3.27. The van der Waals surface area contributed by atoms with Gasteiger partial charge in [-0.25, -0.2) is 10.9 Å². The van der Waals surface area contributed by atoms with Gasteiger partial charge in [0, 0.05) is 16.8 Å². The molecule has 3 aromatic rings. The van der Waals surface area contributed by atoms with Crippen molar-refractivity contribution in [1.29, 1.82) is 0 Å². The molecule has 0 saturated carbocycles. The molecule has 0 spiro atoms. The number of anilines is 1. The number of hydrogen-bond acceptors (Lipinski definition) is 4. The van der Waals surface area contributed by atoms with E-state index in [0.29, 0.717) is 18.1 Å². The number of amides is 1. The highest BCUT2D eigenvalue weighted by Crippen LogP contribution is 2.25. The summed E-state index contributed by atoms with van der Waals surface area (Å²) in [6.45, 7) is 0.509. The van der Waals surface area contributed by atoms with Crippen molar-refractivity contribution in [2.45, 2.75) is 25.1 Å². The fourth-order valence-corrected chi connectivity index (χ4v) is 3.47. The van der Waals surface area contributed by atoms with Crippen LogP contribution >= 0.6 is 11.6 Å². The minimum absolute atomic E-state index is 0.0400. The first-order valence-corrected chi connectivity index (χ1v) is 9.89. The number of carbonyl (C=O) groups is 1. The summed E-state index contributed by atoms with van der Waals surface area (Å²) >= 11 is 6.06. The maximum atomic E-state index is 12.6. The minimum atomic E-state index is -0.326. The molecule has 0 aromatic heterocycles. The van der Waals surface area contributed by atoms with E-state index < -0.39 is 0 Å². The van der Waals surface area contributed by atoms with Crippen LogP contribution in [-0.4, -0.2) is 11.9 Å². The number of nitrogens with one attached hydrogen (secondary N) is 3. The van der Waals surface area contributed by atoms with Crippen LogP contribution in [0.3, 0.4) is 0 Å². The first kappa shape index (κ1) is 19.5. The summed E-state index contributed by atoms with van der Waals surface area (Å²) in [7, 11) is 0. The second kappa shape index (κ2) is 9.09. The molecular weight excluding hydrogens is 386 g/mol. The van der Waals surface area contributed by atoms with Gasteiger partial charge in [0.2, 0.25) is 5.91 Å². The molecule has 5 nitrogen and oxygen atoms in total. The van der Waals surface area contributed by atoms with Gasteiger partial charge in [-0.2, -0.15) is 0 Å². The van der Waals surface area contributed by atoms with Crippen LogP contribution in [0.2, 0.25) is 5.02 Å². The lowest BCUT2D eigenvalue weighted by molar-refractivity contribution is -0.117. The molecule has 148 valence electrons. The molecule has 0 bridgehead atoms. The van der Waals surface area contributed by atoms with E-state index in [2.05, 4.69) is 16.2 Å². The Morgan fingerprint density at radius 2 is 1.79 bits per heavy atom. The van der Waals surface area contributed by atoms with Crippen LogP contribution in [0, 0.1) is 0 Å². The predicted molar refractivity (Wildman–Crippen MR) is 115 cm³/mol. The van der Waals surface area contributed by atoms with Crippen LogP contribution in [0.1, 0.15) is 23.6 Å². The maximum Gasteiger partial charge on any atom is 0.242 e. The highest BCUT2D eigenvalue weighted by Gasteiger charge is 2.30. The Kier molecular flexibility index (Phi) is 6.10. The van der Waals surface area contributed by atoms with Crippen molar-refractivity contribution in [1.82, 2.24) is 10.9 Å². The topological polar surface area (TPSA) is 62.4 Å². The smallest absolute Gasteiger partial charge is 0.242 e. The summed E-state index contributed by atoms with van der Waals surface area (Å²) in [5.74, 6) is 0.675. The molecule has 0 aliphatic carbocycles. The molecule has 0 radical (unpaired) electrons. The quantitative estimate of drug-likeness (QED) is 0.564. The largest absolute Gasteiger partial charge is 0.489 e. The van der Waals surface area contributed by atoms with E-state index in [0.717, 1.165) is 22.6 Å². The number of hydrazine groups is 1. The van der Waals surface area contributed by atoms with Gasteiger partial charge in [0.25, 0.3) is 0 Å². The minimum Gasteiger partial charge on any atom is -0.489 e. The first-order chi connectivity index (χ1) is 14.2. The third-order valence-electron chi connectivity index (χ3n) is 4.84. The van der Waals surface area contributed by atoms with Crippen molar-refractivity contribution in [2.24, 2.45) is 0 Å². The number of carbonyl (C=O) groups excluding carboxylic acids is 1. The lowest BCUT2D eigenvalue weighted by Crippen LogP contribution is -2.39. The highest BCUT2D eigenvalue weighted by atomic mass is 35.5. The molecular formula is C23H22ClN3O2. The van der Waals surface area contributed by atoms with Crippen molar-refractivity contribution in [3.8, 4) is 5.75 Å². The lowest BCUT2D eigenvalue weighted by Gasteiger charge is -2.12.